The van der Waals surface area contributed by atoms with Crippen LogP contribution in [0.3, 0.4) is 0 Å². The fourth-order valence-electron chi connectivity index (χ4n) is 2.34. The van der Waals surface area contributed by atoms with Crippen molar-refractivity contribution >= 4 is 5.91 Å². The minimum Gasteiger partial charge on any atom is -0.486 e. The molecule has 3 aromatic rings. The molecule has 0 fully saturated rings. The molecule has 0 spiro atoms. The summed E-state index contributed by atoms with van der Waals surface area (Å²) < 4.78 is 25.6. The average Bonchev–Trinajstić information content (AvgIpc) is 3.23. The Morgan fingerprint density at radius 3 is 2.72 bits per heavy atom. The van der Waals surface area contributed by atoms with E-state index in [0.717, 1.165) is 5.56 Å². The highest BCUT2D eigenvalue weighted by molar-refractivity contribution is 5.91. The Morgan fingerprint density at radius 1 is 1.28 bits per heavy atom. The van der Waals surface area contributed by atoms with Crippen LogP contribution in [0, 0.1) is 5.82 Å². The third kappa shape index (κ3) is 4.26. The highest BCUT2D eigenvalue weighted by Crippen LogP contribution is 2.16. The average molecular weight is 343 g/mol. The van der Waals surface area contributed by atoms with E-state index in [-0.39, 0.29) is 24.1 Å². The van der Waals surface area contributed by atoms with E-state index in [4.69, 9.17) is 9.15 Å². The highest BCUT2D eigenvalue weighted by Gasteiger charge is 2.17. The Kier molecular flexibility index (Phi) is 4.83. The Labute approximate surface area is 144 Å². The molecular formula is C18H18FN3O3. The van der Waals surface area contributed by atoms with Gasteiger partial charge in [-0.05, 0) is 36.4 Å². The normalized spacial score (nSPS) is 10.7. The molecule has 25 heavy (non-hydrogen) atoms. The molecule has 0 aliphatic carbocycles. The summed E-state index contributed by atoms with van der Waals surface area (Å²) in [7, 11) is 3.53. The molecule has 0 saturated carbocycles. The van der Waals surface area contributed by atoms with Crippen LogP contribution in [-0.4, -0.2) is 27.6 Å². The first-order chi connectivity index (χ1) is 12.0. The molecular weight excluding hydrogens is 325 g/mol. The third-order valence-electron chi connectivity index (χ3n) is 3.59. The van der Waals surface area contributed by atoms with Crippen molar-refractivity contribution in [1.29, 1.82) is 0 Å². The van der Waals surface area contributed by atoms with E-state index in [0.29, 0.717) is 18.1 Å². The molecule has 130 valence electrons. The smallest absolute Gasteiger partial charge is 0.289 e. The number of carbonyl (C=O) groups is 1. The molecule has 0 bridgehead atoms. The number of aryl methyl sites for hydroxylation is 1. The molecule has 0 N–H and O–H groups in total. The van der Waals surface area contributed by atoms with Crippen LogP contribution < -0.4 is 4.74 Å². The van der Waals surface area contributed by atoms with Crippen molar-refractivity contribution in [2.75, 3.05) is 7.05 Å². The van der Waals surface area contributed by atoms with Gasteiger partial charge in [0.25, 0.3) is 5.91 Å². The molecule has 6 nitrogen and oxygen atoms in total. The number of hydrogen-bond donors (Lipinski definition) is 0. The van der Waals surface area contributed by atoms with Crippen LogP contribution >= 0.6 is 0 Å². The van der Waals surface area contributed by atoms with Gasteiger partial charge < -0.3 is 14.1 Å². The summed E-state index contributed by atoms with van der Waals surface area (Å²) in [5.74, 6) is 0.734. The summed E-state index contributed by atoms with van der Waals surface area (Å²) in [4.78, 5) is 14.0. The van der Waals surface area contributed by atoms with Crippen LogP contribution in [0.15, 0.2) is 53.2 Å². The van der Waals surface area contributed by atoms with Gasteiger partial charge in [-0.15, -0.1) is 0 Å². The lowest BCUT2D eigenvalue weighted by atomic mass is 10.3. The largest absolute Gasteiger partial charge is 0.486 e. The molecule has 3 rings (SSSR count). The summed E-state index contributed by atoms with van der Waals surface area (Å²) in [6.45, 7) is 0.597. The van der Waals surface area contributed by atoms with Crippen LogP contribution in [0.4, 0.5) is 4.39 Å². The number of nitrogens with zero attached hydrogens (tertiary/aromatic N) is 3. The lowest BCUT2D eigenvalue weighted by Gasteiger charge is -2.14. The molecule has 1 aromatic carbocycles. The van der Waals surface area contributed by atoms with Gasteiger partial charge in [0.1, 0.15) is 23.9 Å². The number of ether oxygens (including phenoxy) is 1. The zero-order chi connectivity index (χ0) is 17.8. The second kappa shape index (κ2) is 7.21. The summed E-state index contributed by atoms with van der Waals surface area (Å²) in [6.07, 6.45) is 3.57. The van der Waals surface area contributed by atoms with E-state index in [9.17, 15) is 9.18 Å². The number of rotatable bonds is 6. The van der Waals surface area contributed by atoms with E-state index in [1.807, 2.05) is 13.2 Å². The monoisotopic (exact) mass is 343 g/mol. The van der Waals surface area contributed by atoms with Gasteiger partial charge in [-0.25, -0.2) is 4.39 Å². The molecule has 0 unspecified atom stereocenters. The molecule has 0 aliphatic rings. The van der Waals surface area contributed by atoms with Crippen molar-refractivity contribution in [1.82, 2.24) is 14.7 Å². The van der Waals surface area contributed by atoms with Crippen molar-refractivity contribution in [2.45, 2.75) is 13.2 Å². The molecule has 1 amide bonds. The van der Waals surface area contributed by atoms with E-state index >= 15 is 0 Å². The van der Waals surface area contributed by atoms with E-state index in [1.165, 1.54) is 24.3 Å². The van der Waals surface area contributed by atoms with Gasteiger partial charge in [-0.3, -0.25) is 9.48 Å². The summed E-state index contributed by atoms with van der Waals surface area (Å²) in [6, 6.07) is 9.01. The van der Waals surface area contributed by atoms with Gasteiger partial charge in [0.15, 0.2) is 5.76 Å². The van der Waals surface area contributed by atoms with Crippen molar-refractivity contribution in [3.8, 4) is 5.75 Å². The number of benzene rings is 1. The first kappa shape index (κ1) is 16.8. The summed E-state index contributed by atoms with van der Waals surface area (Å²) >= 11 is 0. The van der Waals surface area contributed by atoms with Crippen LogP contribution in [0.25, 0.3) is 0 Å². The maximum Gasteiger partial charge on any atom is 0.289 e. The summed E-state index contributed by atoms with van der Waals surface area (Å²) in [5.41, 5.74) is 0.935. The number of hydrogen-bond acceptors (Lipinski definition) is 4. The van der Waals surface area contributed by atoms with Crippen molar-refractivity contribution < 1.29 is 18.3 Å². The molecule has 0 aliphatic heterocycles. The number of aromatic nitrogens is 2. The second-order valence-electron chi connectivity index (χ2n) is 5.69. The predicted molar refractivity (Wildman–Crippen MR) is 88.4 cm³/mol. The van der Waals surface area contributed by atoms with Crippen LogP contribution in [0.1, 0.15) is 21.9 Å². The quantitative estimate of drug-likeness (QED) is 0.690. The molecule has 0 radical (unpaired) electrons. The highest BCUT2D eigenvalue weighted by atomic mass is 19.1. The molecule has 0 atom stereocenters. The van der Waals surface area contributed by atoms with Crippen molar-refractivity contribution in [3.05, 3.63) is 71.7 Å². The molecule has 2 aromatic heterocycles. The van der Waals surface area contributed by atoms with Gasteiger partial charge in [0.2, 0.25) is 0 Å². The zero-order valence-electron chi connectivity index (χ0n) is 14.0. The predicted octanol–water partition coefficient (Wildman–Crippen LogP) is 3.00. The second-order valence-corrected chi connectivity index (χ2v) is 5.69. The fraction of sp³-hybridized carbons (Fsp3) is 0.222. The van der Waals surface area contributed by atoms with Crippen LogP contribution in [0.2, 0.25) is 0 Å². The number of amides is 1. The summed E-state index contributed by atoms with van der Waals surface area (Å²) in [5, 5.41) is 4.08. The molecule has 2 heterocycles. The minimum absolute atomic E-state index is 0.158. The maximum atomic E-state index is 12.9. The minimum atomic E-state index is -0.324. The van der Waals surface area contributed by atoms with Gasteiger partial charge in [-0.1, -0.05) is 0 Å². The standard InChI is InChI=1S/C18H18FN3O3/c1-21(10-13-9-20-22(2)11-13)18(23)17-8-7-16(25-17)12-24-15-5-3-14(19)4-6-15/h3-9,11H,10,12H2,1-2H3. The lowest BCUT2D eigenvalue weighted by Crippen LogP contribution is -2.25. The Bertz CT molecular complexity index is 855. The fourth-order valence-corrected chi connectivity index (χ4v) is 2.34. The maximum absolute atomic E-state index is 12.9. The Hall–Kier alpha value is -3.09. The Morgan fingerprint density at radius 2 is 2.04 bits per heavy atom. The SMILES string of the molecule is CN(Cc1cnn(C)c1)C(=O)c1ccc(COc2ccc(F)cc2)o1. The van der Waals surface area contributed by atoms with Gasteiger partial charge in [0, 0.05) is 32.4 Å². The lowest BCUT2D eigenvalue weighted by molar-refractivity contribution is 0.0749. The van der Waals surface area contributed by atoms with Crippen molar-refractivity contribution in [3.63, 3.8) is 0 Å². The molecule has 0 saturated heterocycles. The number of furan rings is 1. The Balaban J connectivity index is 1.58. The first-order valence-electron chi connectivity index (χ1n) is 7.71. The van der Waals surface area contributed by atoms with E-state index in [2.05, 4.69) is 5.10 Å². The van der Waals surface area contributed by atoms with Crippen LogP contribution in [0.5, 0.6) is 5.75 Å². The number of halogens is 1. The van der Waals surface area contributed by atoms with Gasteiger partial charge >= 0.3 is 0 Å². The zero-order valence-corrected chi connectivity index (χ0v) is 14.0. The van der Waals surface area contributed by atoms with E-state index < -0.39 is 0 Å². The first-order valence-corrected chi connectivity index (χ1v) is 7.71. The number of carbonyl (C=O) groups excluding carboxylic acids is 1. The van der Waals surface area contributed by atoms with E-state index in [1.54, 1.807) is 35.0 Å². The van der Waals surface area contributed by atoms with Crippen molar-refractivity contribution in [2.24, 2.45) is 7.05 Å². The van der Waals surface area contributed by atoms with Gasteiger partial charge in [-0.2, -0.15) is 5.10 Å². The third-order valence-corrected chi connectivity index (χ3v) is 3.59. The van der Waals surface area contributed by atoms with Crippen LogP contribution in [-0.2, 0) is 20.2 Å². The van der Waals surface area contributed by atoms with Gasteiger partial charge in [0.05, 0.1) is 6.20 Å². The molecule has 7 heteroatoms. The topological polar surface area (TPSA) is 60.5 Å².